The fraction of sp³-hybridized carbons (Fsp3) is 0.632. The largest absolute Gasteiger partial charge is 0.356 e. The molecule has 0 saturated carbocycles. The number of hydrogen-bond acceptors (Lipinski definition) is 3. The molecule has 0 spiro atoms. The second kappa shape index (κ2) is 9.22. The standard InChI is InChI=1S/C19H33N3O2S/c1-15(11-13-19(2,3)4)22-18(20-5)21-14-12-16-7-9-17(10-8-16)25(6,23)24/h7-10,15H,11-14H2,1-6H3,(H2,20,21,22). The number of nitrogens with one attached hydrogen (secondary N) is 2. The minimum Gasteiger partial charge on any atom is -0.356 e. The van der Waals surface area contributed by atoms with Gasteiger partial charge in [0.1, 0.15) is 0 Å². The topological polar surface area (TPSA) is 70.6 Å². The van der Waals surface area contributed by atoms with Gasteiger partial charge in [0.15, 0.2) is 15.8 Å². The lowest BCUT2D eigenvalue weighted by atomic mass is 9.89. The molecule has 1 aromatic rings. The number of sulfone groups is 1. The Morgan fingerprint density at radius 1 is 1.20 bits per heavy atom. The summed E-state index contributed by atoms with van der Waals surface area (Å²) >= 11 is 0. The quantitative estimate of drug-likeness (QED) is 0.574. The van der Waals surface area contributed by atoms with Gasteiger partial charge in [0, 0.05) is 25.9 Å². The monoisotopic (exact) mass is 367 g/mol. The van der Waals surface area contributed by atoms with Gasteiger partial charge in [-0.1, -0.05) is 32.9 Å². The molecule has 1 unspecified atom stereocenters. The molecule has 6 heteroatoms. The Bertz CT molecular complexity index is 659. The Morgan fingerprint density at radius 2 is 1.80 bits per heavy atom. The van der Waals surface area contributed by atoms with Crippen molar-refractivity contribution in [3.8, 4) is 0 Å². The van der Waals surface area contributed by atoms with Gasteiger partial charge < -0.3 is 10.6 Å². The van der Waals surface area contributed by atoms with Gasteiger partial charge in [0.2, 0.25) is 0 Å². The van der Waals surface area contributed by atoms with E-state index in [9.17, 15) is 8.42 Å². The highest BCUT2D eigenvalue weighted by Gasteiger charge is 2.13. The summed E-state index contributed by atoms with van der Waals surface area (Å²) in [7, 11) is -1.36. The Kier molecular flexibility index (Phi) is 7.93. The van der Waals surface area contributed by atoms with Gasteiger partial charge >= 0.3 is 0 Å². The van der Waals surface area contributed by atoms with Crippen LogP contribution >= 0.6 is 0 Å². The normalized spacial score (nSPS) is 14.2. The van der Waals surface area contributed by atoms with E-state index in [-0.39, 0.29) is 0 Å². The molecule has 0 amide bonds. The molecular formula is C19H33N3O2S. The lowest BCUT2D eigenvalue weighted by molar-refractivity contribution is 0.346. The summed E-state index contributed by atoms with van der Waals surface area (Å²) in [5, 5.41) is 6.73. The van der Waals surface area contributed by atoms with Gasteiger partial charge in [-0.2, -0.15) is 0 Å². The maximum Gasteiger partial charge on any atom is 0.191 e. The number of nitrogens with zero attached hydrogens (tertiary/aromatic N) is 1. The predicted molar refractivity (Wildman–Crippen MR) is 106 cm³/mol. The number of aliphatic imine (C=N–C) groups is 1. The van der Waals surface area contributed by atoms with Crippen LogP contribution in [-0.2, 0) is 16.3 Å². The molecule has 0 bridgehead atoms. The zero-order valence-corrected chi connectivity index (χ0v) is 17.2. The minimum absolute atomic E-state index is 0.338. The van der Waals surface area contributed by atoms with Crippen molar-refractivity contribution in [2.75, 3.05) is 19.8 Å². The number of hydrogen-bond donors (Lipinski definition) is 2. The second-order valence-electron chi connectivity index (χ2n) is 7.81. The van der Waals surface area contributed by atoms with E-state index < -0.39 is 9.84 Å². The van der Waals surface area contributed by atoms with Crippen molar-refractivity contribution in [1.29, 1.82) is 0 Å². The molecule has 1 rings (SSSR count). The summed E-state index contributed by atoms with van der Waals surface area (Å²) in [6, 6.07) is 7.40. The Morgan fingerprint density at radius 3 is 2.28 bits per heavy atom. The molecule has 0 fully saturated rings. The number of benzene rings is 1. The van der Waals surface area contributed by atoms with Crippen molar-refractivity contribution in [2.45, 2.75) is 57.9 Å². The van der Waals surface area contributed by atoms with E-state index in [2.05, 4.69) is 43.3 Å². The summed E-state index contributed by atoms with van der Waals surface area (Å²) in [6.07, 6.45) is 4.28. The van der Waals surface area contributed by atoms with Crippen LogP contribution in [-0.4, -0.2) is 40.3 Å². The van der Waals surface area contributed by atoms with Crippen LogP contribution in [0.25, 0.3) is 0 Å². The molecule has 0 aliphatic rings. The van der Waals surface area contributed by atoms with E-state index in [0.717, 1.165) is 37.3 Å². The van der Waals surface area contributed by atoms with Crippen LogP contribution in [0, 0.1) is 5.41 Å². The summed E-state index contributed by atoms with van der Waals surface area (Å²) in [4.78, 5) is 4.62. The lowest BCUT2D eigenvalue weighted by Gasteiger charge is -2.23. The van der Waals surface area contributed by atoms with Crippen LogP contribution in [0.4, 0.5) is 0 Å². The molecule has 0 aliphatic heterocycles. The molecule has 1 aromatic carbocycles. The molecule has 0 aliphatic carbocycles. The zero-order chi connectivity index (χ0) is 19.1. The predicted octanol–water partition coefficient (Wildman–Crippen LogP) is 3.01. The van der Waals surface area contributed by atoms with E-state index in [1.54, 1.807) is 19.2 Å². The Balaban J connectivity index is 2.43. The third-order valence-corrected chi connectivity index (χ3v) is 5.12. The molecular weight excluding hydrogens is 334 g/mol. The van der Waals surface area contributed by atoms with E-state index >= 15 is 0 Å². The second-order valence-corrected chi connectivity index (χ2v) is 9.83. The zero-order valence-electron chi connectivity index (χ0n) is 16.4. The summed E-state index contributed by atoms with van der Waals surface area (Å²) in [5.74, 6) is 0.800. The fourth-order valence-electron chi connectivity index (χ4n) is 2.38. The van der Waals surface area contributed by atoms with Crippen LogP contribution in [0.2, 0.25) is 0 Å². The van der Waals surface area contributed by atoms with Crippen molar-refractivity contribution in [2.24, 2.45) is 10.4 Å². The van der Waals surface area contributed by atoms with Crippen LogP contribution in [0.3, 0.4) is 0 Å². The van der Waals surface area contributed by atoms with Gasteiger partial charge in [-0.05, 0) is 49.3 Å². The third kappa shape index (κ3) is 8.91. The van der Waals surface area contributed by atoms with E-state index in [0.29, 0.717) is 16.4 Å². The number of guanidine groups is 1. The molecule has 1 atom stereocenters. The maximum atomic E-state index is 11.5. The van der Waals surface area contributed by atoms with Crippen molar-refractivity contribution in [3.63, 3.8) is 0 Å². The van der Waals surface area contributed by atoms with Crippen LogP contribution in [0.1, 0.15) is 46.1 Å². The first kappa shape index (κ1) is 21.5. The smallest absolute Gasteiger partial charge is 0.191 e. The Hall–Kier alpha value is -1.56. The van der Waals surface area contributed by atoms with Crippen molar-refractivity contribution >= 4 is 15.8 Å². The Labute approximate surface area is 153 Å². The molecule has 2 N–H and O–H groups in total. The van der Waals surface area contributed by atoms with Crippen LogP contribution in [0.5, 0.6) is 0 Å². The van der Waals surface area contributed by atoms with E-state index in [4.69, 9.17) is 0 Å². The van der Waals surface area contributed by atoms with Crippen LogP contribution in [0.15, 0.2) is 34.2 Å². The SMILES string of the molecule is CN=C(NCCc1ccc(S(C)(=O)=O)cc1)NC(C)CCC(C)(C)C. The fourth-order valence-corrected chi connectivity index (χ4v) is 3.01. The summed E-state index contributed by atoms with van der Waals surface area (Å²) in [5.41, 5.74) is 1.43. The third-order valence-electron chi connectivity index (χ3n) is 3.99. The molecule has 142 valence electrons. The molecule has 5 nitrogen and oxygen atoms in total. The molecule has 0 aromatic heterocycles. The first-order valence-electron chi connectivity index (χ1n) is 8.77. The van der Waals surface area contributed by atoms with Gasteiger partial charge in [-0.3, -0.25) is 4.99 Å². The highest BCUT2D eigenvalue weighted by Crippen LogP contribution is 2.21. The highest BCUT2D eigenvalue weighted by molar-refractivity contribution is 7.90. The molecule has 0 heterocycles. The van der Waals surface area contributed by atoms with E-state index in [1.165, 1.54) is 6.26 Å². The van der Waals surface area contributed by atoms with Crippen molar-refractivity contribution in [3.05, 3.63) is 29.8 Å². The number of rotatable bonds is 7. The maximum absolute atomic E-state index is 11.5. The minimum atomic E-state index is -3.13. The lowest BCUT2D eigenvalue weighted by Crippen LogP contribution is -2.43. The summed E-state index contributed by atoms with van der Waals surface area (Å²) in [6.45, 7) is 9.66. The van der Waals surface area contributed by atoms with Gasteiger partial charge in [0.05, 0.1) is 4.90 Å². The molecule has 0 saturated heterocycles. The first-order chi connectivity index (χ1) is 11.5. The average Bonchev–Trinajstić information content (AvgIpc) is 2.51. The van der Waals surface area contributed by atoms with Gasteiger partial charge in [0.25, 0.3) is 0 Å². The van der Waals surface area contributed by atoms with Crippen molar-refractivity contribution < 1.29 is 8.42 Å². The summed E-state index contributed by atoms with van der Waals surface area (Å²) < 4.78 is 22.9. The van der Waals surface area contributed by atoms with Crippen LogP contribution < -0.4 is 10.6 Å². The average molecular weight is 368 g/mol. The van der Waals surface area contributed by atoms with Gasteiger partial charge in [-0.15, -0.1) is 0 Å². The van der Waals surface area contributed by atoms with Crippen molar-refractivity contribution in [1.82, 2.24) is 10.6 Å². The van der Waals surface area contributed by atoms with Gasteiger partial charge in [-0.25, -0.2) is 8.42 Å². The highest BCUT2D eigenvalue weighted by atomic mass is 32.2. The molecule has 25 heavy (non-hydrogen) atoms. The van der Waals surface area contributed by atoms with E-state index in [1.807, 2.05) is 12.1 Å². The molecule has 0 radical (unpaired) electrons. The first-order valence-corrected chi connectivity index (χ1v) is 10.7.